The van der Waals surface area contributed by atoms with E-state index < -0.39 is 0 Å². The maximum atomic E-state index is 4.33. The number of fused-ring (bicyclic) bond motifs is 5. The molecule has 5 rings (SSSR count). The van der Waals surface area contributed by atoms with E-state index in [1.807, 2.05) is 0 Å². The van der Waals surface area contributed by atoms with Gasteiger partial charge < -0.3 is 0 Å². The second-order valence-corrected chi connectivity index (χ2v) is 10.2. The summed E-state index contributed by atoms with van der Waals surface area (Å²) in [5.41, 5.74) is 1.91. The van der Waals surface area contributed by atoms with Crippen molar-refractivity contribution in [3.63, 3.8) is 0 Å². The van der Waals surface area contributed by atoms with Crippen LogP contribution in [0.3, 0.4) is 0 Å². The first kappa shape index (κ1) is 16.3. The van der Waals surface area contributed by atoms with E-state index in [4.69, 9.17) is 0 Å². The van der Waals surface area contributed by atoms with Gasteiger partial charge >= 0.3 is 0 Å². The number of aromatic nitrogens is 2. The molecule has 0 radical (unpaired) electrons. The molecular weight excluding hydrogens is 304 g/mol. The molecule has 0 spiro atoms. The highest BCUT2D eigenvalue weighted by molar-refractivity contribution is 5.20. The van der Waals surface area contributed by atoms with E-state index in [1.54, 1.807) is 6.33 Å². The quantitative estimate of drug-likeness (QED) is 0.642. The summed E-state index contributed by atoms with van der Waals surface area (Å²) in [4.78, 5) is 8.66. The predicted molar refractivity (Wildman–Crippen MR) is 101 cm³/mol. The number of nitrogens with zero attached hydrogens (tertiary/aromatic N) is 2. The van der Waals surface area contributed by atoms with Crippen LogP contribution in [0.1, 0.15) is 83.1 Å². The number of hydrogen-bond acceptors (Lipinski definition) is 2. The molecule has 0 N–H and O–H groups in total. The predicted octanol–water partition coefficient (Wildman–Crippen LogP) is 5.85. The summed E-state index contributed by atoms with van der Waals surface area (Å²) in [6.07, 6.45) is 19.2. The summed E-state index contributed by atoms with van der Waals surface area (Å²) < 4.78 is 0. The van der Waals surface area contributed by atoms with Gasteiger partial charge in [-0.15, -0.1) is 0 Å². The Kier molecular flexibility index (Phi) is 3.95. The molecular formula is C23H34N2. The van der Waals surface area contributed by atoms with Crippen molar-refractivity contribution in [2.75, 3.05) is 0 Å². The summed E-state index contributed by atoms with van der Waals surface area (Å²) in [5, 5.41) is 0. The van der Waals surface area contributed by atoms with Gasteiger partial charge in [-0.05, 0) is 104 Å². The van der Waals surface area contributed by atoms with Gasteiger partial charge in [-0.3, -0.25) is 0 Å². The molecule has 1 aromatic rings. The lowest BCUT2D eigenvalue weighted by Gasteiger charge is -2.56. The van der Waals surface area contributed by atoms with Crippen molar-refractivity contribution in [2.24, 2.45) is 40.9 Å². The van der Waals surface area contributed by atoms with Crippen molar-refractivity contribution in [2.45, 2.75) is 77.6 Å². The first-order chi connectivity index (χ1) is 12.2. The molecule has 4 aliphatic rings. The Morgan fingerprint density at radius 1 is 0.880 bits per heavy atom. The van der Waals surface area contributed by atoms with Crippen LogP contribution in [0.5, 0.6) is 0 Å². The zero-order valence-electron chi connectivity index (χ0n) is 16.0. The smallest absolute Gasteiger partial charge is 0.115 e. The van der Waals surface area contributed by atoms with Crippen molar-refractivity contribution >= 4 is 0 Å². The number of rotatable bonds is 1. The Morgan fingerprint density at radius 3 is 2.52 bits per heavy atom. The average molecular weight is 339 g/mol. The summed E-state index contributed by atoms with van der Waals surface area (Å²) in [5.74, 6) is 6.84. The Morgan fingerprint density at radius 2 is 1.68 bits per heavy atom. The molecule has 1 heterocycles. The molecule has 2 heteroatoms. The largest absolute Gasteiger partial charge is 0.245 e. The topological polar surface area (TPSA) is 25.8 Å². The van der Waals surface area contributed by atoms with Gasteiger partial charge in [0.1, 0.15) is 6.33 Å². The highest BCUT2D eigenvalue weighted by Gasteiger charge is 2.57. The van der Waals surface area contributed by atoms with Gasteiger partial charge in [0.25, 0.3) is 0 Å². The molecule has 1 aromatic heterocycles. The van der Waals surface area contributed by atoms with Crippen LogP contribution >= 0.6 is 0 Å². The molecule has 0 saturated heterocycles. The van der Waals surface area contributed by atoms with Crippen LogP contribution in [0.15, 0.2) is 18.7 Å². The van der Waals surface area contributed by atoms with Crippen molar-refractivity contribution in [1.82, 2.24) is 9.97 Å². The molecule has 136 valence electrons. The molecule has 4 fully saturated rings. The first-order valence-corrected chi connectivity index (χ1v) is 10.9. The normalized spacial score (nSPS) is 49.1. The van der Waals surface area contributed by atoms with Gasteiger partial charge in [0, 0.05) is 12.4 Å². The lowest BCUT2D eigenvalue weighted by atomic mass is 9.49. The van der Waals surface area contributed by atoms with E-state index in [9.17, 15) is 0 Å². The minimum atomic E-state index is 0.501. The molecule has 4 saturated carbocycles. The van der Waals surface area contributed by atoms with E-state index in [0.29, 0.717) is 11.3 Å². The van der Waals surface area contributed by atoms with E-state index in [-0.39, 0.29) is 0 Å². The SMILES string of the molecule is CC1CCC2C(CC[C@@H]3C2CCC2(C)C3CC[C@@H]2c2cncnc2)C1. The zero-order chi connectivity index (χ0) is 17.0. The summed E-state index contributed by atoms with van der Waals surface area (Å²) in [7, 11) is 0. The fourth-order valence-corrected chi connectivity index (χ4v) is 8.13. The molecule has 4 aliphatic carbocycles. The molecule has 25 heavy (non-hydrogen) atoms. The van der Waals surface area contributed by atoms with Crippen LogP contribution in [-0.2, 0) is 0 Å². The monoisotopic (exact) mass is 338 g/mol. The highest BCUT2D eigenvalue weighted by Crippen LogP contribution is 2.66. The van der Waals surface area contributed by atoms with Crippen molar-refractivity contribution in [3.05, 3.63) is 24.3 Å². The second-order valence-electron chi connectivity index (χ2n) is 10.2. The first-order valence-electron chi connectivity index (χ1n) is 10.9. The van der Waals surface area contributed by atoms with Crippen LogP contribution in [0, 0.1) is 40.9 Å². The second kappa shape index (κ2) is 6.06. The third kappa shape index (κ3) is 2.50. The lowest BCUT2D eigenvalue weighted by Crippen LogP contribution is -2.48. The van der Waals surface area contributed by atoms with Gasteiger partial charge in [0.2, 0.25) is 0 Å². The van der Waals surface area contributed by atoms with Crippen LogP contribution in [0.25, 0.3) is 0 Å². The lowest BCUT2D eigenvalue weighted by molar-refractivity contribution is -0.0595. The molecule has 0 aliphatic heterocycles. The van der Waals surface area contributed by atoms with Gasteiger partial charge in [-0.2, -0.15) is 0 Å². The van der Waals surface area contributed by atoms with E-state index in [1.165, 1.54) is 63.4 Å². The zero-order valence-corrected chi connectivity index (χ0v) is 16.0. The standard InChI is InChI=1S/C23H34N2/c1-15-3-5-18-16(11-15)4-6-20-19(18)9-10-23(2)21(7-8-22(20)23)17-12-24-14-25-13-17/h12-16,18-22H,3-11H2,1-2H3/t15?,16?,18?,19?,20-,21-,22?,23?/m1/s1. The molecule has 2 nitrogen and oxygen atoms in total. The minimum Gasteiger partial charge on any atom is -0.245 e. The van der Waals surface area contributed by atoms with Gasteiger partial charge in [0.15, 0.2) is 0 Å². The van der Waals surface area contributed by atoms with Crippen LogP contribution in [0.2, 0.25) is 0 Å². The van der Waals surface area contributed by atoms with Crippen LogP contribution in [-0.4, -0.2) is 9.97 Å². The van der Waals surface area contributed by atoms with Crippen molar-refractivity contribution in [1.29, 1.82) is 0 Å². The Labute approximate surface area is 153 Å². The summed E-state index contributed by atoms with van der Waals surface area (Å²) in [6, 6.07) is 0. The Balaban J connectivity index is 1.40. The molecule has 0 amide bonds. The minimum absolute atomic E-state index is 0.501. The van der Waals surface area contributed by atoms with Gasteiger partial charge in [-0.25, -0.2) is 9.97 Å². The Hall–Kier alpha value is -0.920. The van der Waals surface area contributed by atoms with Crippen LogP contribution < -0.4 is 0 Å². The van der Waals surface area contributed by atoms with E-state index >= 15 is 0 Å². The maximum absolute atomic E-state index is 4.33. The fraction of sp³-hybridized carbons (Fsp3) is 0.826. The molecule has 0 aromatic carbocycles. The van der Waals surface area contributed by atoms with E-state index in [2.05, 4.69) is 36.2 Å². The van der Waals surface area contributed by atoms with Gasteiger partial charge in [0.05, 0.1) is 0 Å². The van der Waals surface area contributed by atoms with Crippen LogP contribution in [0.4, 0.5) is 0 Å². The third-order valence-electron chi connectivity index (χ3n) is 9.20. The highest BCUT2D eigenvalue weighted by atomic mass is 14.8. The molecule has 6 unspecified atom stereocenters. The van der Waals surface area contributed by atoms with E-state index in [0.717, 1.165) is 35.5 Å². The van der Waals surface area contributed by atoms with Crippen molar-refractivity contribution < 1.29 is 0 Å². The average Bonchev–Trinajstić information content (AvgIpc) is 2.99. The summed E-state index contributed by atoms with van der Waals surface area (Å²) >= 11 is 0. The van der Waals surface area contributed by atoms with Gasteiger partial charge in [-0.1, -0.05) is 20.3 Å². The number of hydrogen-bond donors (Lipinski definition) is 0. The third-order valence-corrected chi connectivity index (χ3v) is 9.20. The maximum Gasteiger partial charge on any atom is 0.115 e. The molecule has 8 atom stereocenters. The fourth-order valence-electron chi connectivity index (χ4n) is 8.13. The summed E-state index contributed by atoms with van der Waals surface area (Å²) in [6.45, 7) is 5.11. The van der Waals surface area contributed by atoms with Crippen molar-refractivity contribution in [3.8, 4) is 0 Å². The molecule has 0 bridgehead atoms. The Bertz CT molecular complexity index is 614.